The van der Waals surface area contributed by atoms with Crippen molar-refractivity contribution in [2.24, 2.45) is 5.73 Å². The van der Waals surface area contributed by atoms with Crippen molar-refractivity contribution in [3.05, 3.63) is 59.9 Å². The number of para-hydroxylation sites is 1. The van der Waals surface area contributed by atoms with Crippen LogP contribution in [0.2, 0.25) is 0 Å². The SMILES string of the molecule is COc1ccc(OCCCN2CCCCC2)cc1C(N)c1cc2ccccc2o1.Cl.Cl. The Morgan fingerprint density at radius 2 is 1.81 bits per heavy atom. The molecular formula is C24H32Cl2N2O3. The molecule has 4 rings (SSSR count). The lowest BCUT2D eigenvalue weighted by atomic mass is 10.0. The number of methoxy groups -OCH3 is 1. The van der Waals surface area contributed by atoms with E-state index in [4.69, 9.17) is 19.6 Å². The molecule has 0 spiro atoms. The molecule has 0 saturated carbocycles. The number of hydrogen-bond acceptors (Lipinski definition) is 5. The molecule has 0 amide bonds. The monoisotopic (exact) mass is 466 g/mol. The molecular weight excluding hydrogens is 435 g/mol. The Morgan fingerprint density at radius 3 is 2.55 bits per heavy atom. The Hall–Kier alpha value is -1.92. The number of hydrogen-bond donors (Lipinski definition) is 1. The number of halogens is 2. The second-order valence-corrected chi connectivity index (χ2v) is 7.67. The number of piperidine rings is 1. The Bertz CT molecular complexity index is 908. The zero-order chi connectivity index (χ0) is 20.1. The van der Waals surface area contributed by atoms with E-state index >= 15 is 0 Å². The number of nitrogens with two attached hydrogens (primary N) is 1. The molecule has 2 N–H and O–H groups in total. The summed E-state index contributed by atoms with van der Waals surface area (Å²) in [5.41, 5.74) is 8.24. The van der Waals surface area contributed by atoms with Gasteiger partial charge in [-0.15, -0.1) is 24.8 Å². The van der Waals surface area contributed by atoms with Crippen LogP contribution in [0.1, 0.15) is 43.0 Å². The molecule has 1 aromatic heterocycles. The Morgan fingerprint density at radius 1 is 1.03 bits per heavy atom. The third-order valence-electron chi connectivity index (χ3n) is 5.62. The molecule has 1 aliphatic heterocycles. The predicted octanol–water partition coefficient (Wildman–Crippen LogP) is 5.59. The van der Waals surface area contributed by atoms with Gasteiger partial charge in [0.2, 0.25) is 0 Å². The van der Waals surface area contributed by atoms with E-state index < -0.39 is 6.04 Å². The minimum Gasteiger partial charge on any atom is -0.496 e. The Balaban J connectivity index is 0.00000171. The zero-order valence-electron chi connectivity index (χ0n) is 17.9. The van der Waals surface area contributed by atoms with Gasteiger partial charge < -0.3 is 24.5 Å². The molecule has 3 aromatic rings. The first-order valence-corrected chi connectivity index (χ1v) is 10.5. The molecule has 0 aliphatic carbocycles. The quantitative estimate of drug-likeness (QED) is 0.438. The normalized spacial score (nSPS) is 15.0. The molecule has 170 valence electrons. The highest BCUT2D eigenvalue weighted by Gasteiger charge is 2.19. The van der Waals surface area contributed by atoms with Gasteiger partial charge in [0, 0.05) is 17.5 Å². The van der Waals surface area contributed by atoms with E-state index in [1.54, 1.807) is 7.11 Å². The maximum atomic E-state index is 6.54. The van der Waals surface area contributed by atoms with Gasteiger partial charge >= 0.3 is 0 Å². The van der Waals surface area contributed by atoms with Crippen LogP contribution < -0.4 is 15.2 Å². The number of benzene rings is 2. The average Bonchev–Trinajstić information content (AvgIpc) is 3.21. The average molecular weight is 467 g/mol. The largest absolute Gasteiger partial charge is 0.496 e. The minimum atomic E-state index is -0.422. The number of furan rings is 1. The molecule has 0 radical (unpaired) electrons. The molecule has 2 heterocycles. The Labute approximate surface area is 196 Å². The van der Waals surface area contributed by atoms with Crippen LogP contribution in [0, 0.1) is 0 Å². The van der Waals surface area contributed by atoms with Crippen LogP contribution in [0.4, 0.5) is 0 Å². The summed E-state index contributed by atoms with van der Waals surface area (Å²) in [5, 5.41) is 1.04. The summed E-state index contributed by atoms with van der Waals surface area (Å²) in [6, 6.07) is 15.3. The van der Waals surface area contributed by atoms with Crippen LogP contribution in [0.5, 0.6) is 11.5 Å². The van der Waals surface area contributed by atoms with Crippen LogP contribution in [0.25, 0.3) is 11.0 Å². The Kier molecular flexibility index (Phi) is 9.97. The van der Waals surface area contributed by atoms with Gasteiger partial charge in [-0.25, -0.2) is 0 Å². The molecule has 1 unspecified atom stereocenters. The number of nitrogens with zero attached hydrogens (tertiary/aromatic N) is 1. The summed E-state index contributed by atoms with van der Waals surface area (Å²) in [5.74, 6) is 2.26. The van der Waals surface area contributed by atoms with Crippen molar-refractivity contribution in [2.75, 3.05) is 33.4 Å². The fourth-order valence-electron chi connectivity index (χ4n) is 4.02. The third-order valence-corrected chi connectivity index (χ3v) is 5.62. The van der Waals surface area contributed by atoms with Crippen molar-refractivity contribution in [3.8, 4) is 11.5 Å². The smallest absolute Gasteiger partial charge is 0.134 e. The lowest BCUT2D eigenvalue weighted by Crippen LogP contribution is -2.31. The first-order valence-electron chi connectivity index (χ1n) is 10.5. The highest BCUT2D eigenvalue weighted by molar-refractivity contribution is 5.85. The van der Waals surface area contributed by atoms with Gasteiger partial charge in [0.05, 0.1) is 19.8 Å². The molecule has 5 nitrogen and oxygen atoms in total. The van der Waals surface area contributed by atoms with E-state index in [-0.39, 0.29) is 24.8 Å². The zero-order valence-corrected chi connectivity index (χ0v) is 19.6. The van der Waals surface area contributed by atoms with Gasteiger partial charge in [-0.05, 0) is 62.7 Å². The van der Waals surface area contributed by atoms with Gasteiger partial charge in [0.15, 0.2) is 0 Å². The van der Waals surface area contributed by atoms with E-state index in [2.05, 4.69) is 4.90 Å². The van der Waals surface area contributed by atoms with Crippen molar-refractivity contribution >= 4 is 35.8 Å². The van der Waals surface area contributed by atoms with Crippen LogP contribution >= 0.6 is 24.8 Å². The lowest BCUT2D eigenvalue weighted by molar-refractivity contribution is 0.205. The first kappa shape index (κ1) is 25.3. The maximum absolute atomic E-state index is 6.54. The van der Waals surface area contributed by atoms with Crippen molar-refractivity contribution < 1.29 is 13.9 Å². The second-order valence-electron chi connectivity index (χ2n) is 7.67. The van der Waals surface area contributed by atoms with Crippen LogP contribution in [-0.2, 0) is 0 Å². The van der Waals surface area contributed by atoms with Crippen molar-refractivity contribution in [2.45, 2.75) is 31.7 Å². The van der Waals surface area contributed by atoms with E-state index in [9.17, 15) is 0 Å². The predicted molar refractivity (Wildman–Crippen MR) is 130 cm³/mol. The van der Waals surface area contributed by atoms with Crippen LogP contribution in [0.3, 0.4) is 0 Å². The highest BCUT2D eigenvalue weighted by atomic mass is 35.5. The minimum absolute atomic E-state index is 0. The van der Waals surface area contributed by atoms with Crippen molar-refractivity contribution in [1.29, 1.82) is 0 Å². The van der Waals surface area contributed by atoms with E-state index in [1.165, 1.54) is 32.4 Å². The van der Waals surface area contributed by atoms with Crippen LogP contribution in [0.15, 0.2) is 52.9 Å². The summed E-state index contributed by atoms with van der Waals surface area (Å²) in [6.07, 6.45) is 5.04. The van der Waals surface area contributed by atoms with Gasteiger partial charge in [0.25, 0.3) is 0 Å². The second kappa shape index (κ2) is 12.2. The molecule has 0 bridgehead atoms. The molecule has 7 heteroatoms. The number of rotatable bonds is 8. The number of fused-ring (bicyclic) bond motifs is 1. The van der Waals surface area contributed by atoms with Crippen molar-refractivity contribution in [3.63, 3.8) is 0 Å². The van der Waals surface area contributed by atoms with E-state index in [0.717, 1.165) is 41.0 Å². The molecule has 1 atom stereocenters. The standard InChI is InChI=1S/C24H30N2O3.2ClH/c1-27-22-11-10-19(28-15-7-14-26-12-5-2-6-13-26)17-20(22)24(25)23-16-18-8-3-4-9-21(18)29-23;;/h3-4,8-11,16-17,24H,2,5-7,12-15,25H2,1H3;2*1H. The van der Waals surface area contributed by atoms with Crippen LogP contribution in [-0.4, -0.2) is 38.3 Å². The molecule has 1 saturated heterocycles. The summed E-state index contributed by atoms with van der Waals surface area (Å²) in [4.78, 5) is 2.53. The lowest BCUT2D eigenvalue weighted by Gasteiger charge is -2.26. The van der Waals surface area contributed by atoms with Crippen molar-refractivity contribution in [1.82, 2.24) is 4.90 Å². The topological polar surface area (TPSA) is 60.9 Å². The van der Waals surface area contributed by atoms with Gasteiger partial charge in [-0.1, -0.05) is 24.6 Å². The van der Waals surface area contributed by atoms with E-state index in [0.29, 0.717) is 12.4 Å². The third kappa shape index (κ3) is 6.30. The fraction of sp³-hybridized carbons (Fsp3) is 0.417. The van der Waals surface area contributed by atoms with Gasteiger partial charge in [-0.3, -0.25) is 0 Å². The molecule has 2 aromatic carbocycles. The fourth-order valence-corrected chi connectivity index (χ4v) is 4.02. The summed E-state index contributed by atoms with van der Waals surface area (Å²) in [7, 11) is 1.66. The van der Waals surface area contributed by atoms with Gasteiger partial charge in [0.1, 0.15) is 22.8 Å². The first-order chi connectivity index (χ1) is 14.2. The van der Waals surface area contributed by atoms with Gasteiger partial charge in [-0.2, -0.15) is 0 Å². The number of likely N-dealkylation sites (tertiary alicyclic amines) is 1. The highest BCUT2D eigenvalue weighted by Crippen LogP contribution is 2.34. The number of ether oxygens (including phenoxy) is 2. The molecule has 1 aliphatic rings. The van der Waals surface area contributed by atoms with E-state index in [1.807, 2.05) is 48.5 Å². The molecule has 31 heavy (non-hydrogen) atoms. The molecule has 1 fully saturated rings. The summed E-state index contributed by atoms with van der Waals surface area (Å²) < 4.78 is 17.5. The summed E-state index contributed by atoms with van der Waals surface area (Å²) >= 11 is 0. The maximum Gasteiger partial charge on any atom is 0.134 e. The summed E-state index contributed by atoms with van der Waals surface area (Å²) in [6.45, 7) is 4.24.